The van der Waals surface area contributed by atoms with Gasteiger partial charge in [-0.05, 0) is 43.4 Å². The average molecular weight is 562 g/mol. The van der Waals surface area contributed by atoms with Gasteiger partial charge in [0.25, 0.3) is 5.91 Å². The first-order chi connectivity index (χ1) is 19.3. The summed E-state index contributed by atoms with van der Waals surface area (Å²) in [7, 11) is 5.51. The van der Waals surface area contributed by atoms with Crippen molar-refractivity contribution in [1.29, 1.82) is 0 Å². The number of likely N-dealkylation sites (tertiary alicyclic amines) is 1. The zero-order chi connectivity index (χ0) is 27.7. The minimum absolute atomic E-state index is 0.0467. The fraction of sp³-hybridized carbons (Fsp3) is 0.414. The van der Waals surface area contributed by atoms with E-state index in [0.717, 1.165) is 29.1 Å². The summed E-state index contributed by atoms with van der Waals surface area (Å²) < 4.78 is 27.5. The van der Waals surface area contributed by atoms with Crippen LogP contribution in [0.1, 0.15) is 29.6 Å². The number of hydrogen-bond donors (Lipinski definition) is 1. The van der Waals surface area contributed by atoms with Crippen LogP contribution in [0.2, 0.25) is 0 Å². The molecule has 4 aromatic heterocycles. The molecule has 2 N–H and O–H groups in total. The number of carbonyl (C=O) groups is 1. The molecule has 5 aromatic rings. The SMILES string of the molecule is COc1cc(C(=O)N2C[C@H](N)C[C@@H](F)C2)cc2nc(-c3cc4scc(-c5cnn(C)c5)c4n3CC3CC3)n(C)c12. The van der Waals surface area contributed by atoms with Crippen molar-refractivity contribution in [2.24, 2.45) is 25.7 Å². The summed E-state index contributed by atoms with van der Waals surface area (Å²) in [4.78, 5) is 20.0. The Hall–Kier alpha value is -3.70. The third-order valence-electron chi connectivity index (χ3n) is 8.12. The van der Waals surface area contributed by atoms with Crippen LogP contribution in [0.3, 0.4) is 0 Å². The van der Waals surface area contributed by atoms with Gasteiger partial charge in [0.1, 0.15) is 17.4 Å². The maximum atomic E-state index is 14.2. The van der Waals surface area contributed by atoms with Crippen LogP contribution in [-0.4, -0.2) is 67.1 Å². The molecule has 1 saturated heterocycles. The predicted molar refractivity (Wildman–Crippen MR) is 154 cm³/mol. The van der Waals surface area contributed by atoms with Crippen LogP contribution >= 0.6 is 11.3 Å². The Balaban J connectivity index is 1.36. The molecule has 1 saturated carbocycles. The van der Waals surface area contributed by atoms with Gasteiger partial charge in [-0.2, -0.15) is 5.10 Å². The van der Waals surface area contributed by atoms with Crippen LogP contribution < -0.4 is 10.5 Å². The number of imidazole rings is 1. The Morgan fingerprint density at radius 1 is 1.20 bits per heavy atom. The average Bonchev–Trinajstić information content (AvgIpc) is 3.20. The lowest BCUT2D eigenvalue weighted by Crippen LogP contribution is -2.50. The number of methoxy groups -OCH3 is 1. The van der Waals surface area contributed by atoms with Gasteiger partial charge < -0.3 is 24.5 Å². The fourth-order valence-electron chi connectivity index (χ4n) is 6.01. The molecule has 5 heterocycles. The highest BCUT2D eigenvalue weighted by atomic mass is 32.1. The molecule has 1 aliphatic heterocycles. The second-order valence-electron chi connectivity index (χ2n) is 11.2. The molecular weight excluding hydrogens is 529 g/mol. The second kappa shape index (κ2) is 9.45. The van der Waals surface area contributed by atoms with Gasteiger partial charge in [0.15, 0.2) is 5.82 Å². The summed E-state index contributed by atoms with van der Waals surface area (Å²) in [6.45, 7) is 1.30. The van der Waals surface area contributed by atoms with Crippen molar-refractivity contribution < 1.29 is 13.9 Å². The first kappa shape index (κ1) is 25.3. The van der Waals surface area contributed by atoms with Gasteiger partial charge in [-0.15, -0.1) is 11.3 Å². The molecule has 0 radical (unpaired) electrons. The summed E-state index contributed by atoms with van der Waals surface area (Å²) in [5.74, 6) is 1.75. The van der Waals surface area contributed by atoms with Crippen molar-refractivity contribution >= 4 is 38.5 Å². The lowest BCUT2D eigenvalue weighted by Gasteiger charge is -2.33. The molecule has 40 heavy (non-hydrogen) atoms. The number of halogens is 1. The number of carbonyl (C=O) groups excluding carboxylic acids is 1. The van der Waals surface area contributed by atoms with Crippen LogP contribution in [0, 0.1) is 5.92 Å². The van der Waals surface area contributed by atoms with E-state index in [1.54, 1.807) is 30.6 Å². The molecule has 2 fully saturated rings. The number of benzene rings is 1. The van der Waals surface area contributed by atoms with E-state index >= 15 is 0 Å². The molecular formula is C29H32FN7O2S. The Morgan fingerprint density at radius 2 is 2.02 bits per heavy atom. The molecule has 1 aliphatic carbocycles. The van der Waals surface area contributed by atoms with E-state index in [2.05, 4.69) is 27.3 Å². The third kappa shape index (κ3) is 4.19. The number of nitrogens with two attached hydrogens (primary N) is 1. The van der Waals surface area contributed by atoms with E-state index in [4.69, 9.17) is 15.5 Å². The zero-order valence-electron chi connectivity index (χ0n) is 22.8. The molecule has 9 nitrogen and oxygen atoms in total. The standard InChI is InChI=1S/C29H32FN7O2S/c1-34-12-18(10-32-34)21-15-40-25-9-23(37(26(21)25)11-16-4-5-16)28-33-22-6-17(7-24(39-3)27(22)35(28)2)29(38)36-13-19(30)8-20(31)14-36/h6-7,9-10,12,15-16,19-20H,4-5,8,11,13-14,31H2,1-3H3/t19-,20-/m1/s1. The molecule has 11 heteroatoms. The highest BCUT2D eigenvalue weighted by molar-refractivity contribution is 7.17. The van der Waals surface area contributed by atoms with Crippen molar-refractivity contribution in [3.8, 4) is 28.4 Å². The summed E-state index contributed by atoms with van der Waals surface area (Å²) in [6, 6.07) is 5.36. The van der Waals surface area contributed by atoms with Crippen LogP contribution in [0.4, 0.5) is 4.39 Å². The summed E-state index contributed by atoms with van der Waals surface area (Å²) in [5, 5.41) is 6.60. The summed E-state index contributed by atoms with van der Waals surface area (Å²) >= 11 is 1.73. The Morgan fingerprint density at radius 3 is 2.73 bits per heavy atom. The number of amides is 1. The minimum Gasteiger partial charge on any atom is -0.494 e. The van der Waals surface area contributed by atoms with Crippen molar-refractivity contribution in [1.82, 2.24) is 28.8 Å². The quantitative estimate of drug-likeness (QED) is 0.327. The molecule has 0 unspecified atom stereocenters. The zero-order valence-corrected chi connectivity index (χ0v) is 23.6. The Kier molecular flexibility index (Phi) is 5.97. The minimum atomic E-state index is -1.12. The van der Waals surface area contributed by atoms with Crippen LogP contribution in [-0.2, 0) is 20.6 Å². The fourth-order valence-corrected chi connectivity index (χ4v) is 7.01. The Bertz CT molecular complexity index is 1750. The van der Waals surface area contributed by atoms with Gasteiger partial charge in [-0.25, -0.2) is 9.37 Å². The molecule has 0 spiro atoms. The molecule has 1 aromatic carbocycles. The first-order valence-electron chi connectivity index (χ1n) is 13.6. The summed E-state index contributed by atoms with van der Waals surface area (Å²) in [6.07, 6.45) is 5.57. The van der Waals surface area contributed by atoms with Crippen molar-refractivity contribution in [2.75, 3.05) is 20.2 Å². The maximum absolute atomic E-state index is 14.2. The molecule has 0 bridgehead atoms. The van der Waals surface area contributed by atoms with Crippen molar-refractivity contribution in [3.63, 3.8) is 0 Å². The monoisotopic (exact) mass is 561 g/mol. The number of piperidine rings is 1. The summed E-state index contributed by atoms with van der Waals surface area (Å²) in [5.41, 5.74) is 12.4. The second-order valence-corrected chi connectivity index (χ2v) is 12.1. The van der Waals surface area contributed by atoms with Crippen LogP contribution in [0.25, 0.3) is 43.9 Å². The number of thiophene rings is 1. The number of aromatic nitrogens is 5. The lowest BCUT2D eigenvalue weighted by atomic mass is 10.0. The van der Waals surface area contributed by atoms with Crippen molar-refractivity contribution in [2.45, 2.75) is 38.0 Å². The van der Waals surface area contributed by atoms with Gasteiger partial charge in [0.05, 0.1) is 41.3 Å². The van der Waals surface area contributed by atoms with E-state index < -0.39 is 6.17 Å². The number of alkyl halides is 1. The smallest absolute Gasteiger partial charge is 0.254 e. The molecule has 2 aliphatic rings. The Labute approximate surface area is 234 Å². The van der Waals surface area contributed by atoms with Crippen molar-refractivity contribution in [3.05, 3.63) is 41.5 Å². The van der Waals surface area contributed by atoms with Gasteiger partial charge in [-0.1, -0.05) is 0 Å². The highest BCUT2D eigenvalue weighted by Crippen LogP contribution is 2.43. The number of rotatable bonds is 6. The molecule has 1 amide bonds. The van der Waals surface area contributed by atoms with Gasteiger partial charge in [-0.3, -0.25) is 9.48 Å². The van der Waals surface area contributed by atoms with Gasteiger partial charge >= 0.3 is 0 Å². The van der Waals surface area contributed by atoms with E-state index in [1.165, 1.54) is 33.5 Å². The van der Waals surface area contributed by atoms with Gasteiger partial charge in [0, 0.05) is 61.5 Å². The first-order valence-corrected chi connectivity index (χ1v) is 14.5. The number of ether oxygens (including phenoxy) is 1. The van der Waals surface area contributed by atoms with E-state index in [-0.39, 0.29) is 24.9 Å². The lowest BCUT2D eigenvalue weighted by molar-refractivity contribution is 0.0606. The number of aryl methyl sites for hydroxylation is 2. The number of hydrogen-bond acceptors (Lipinski definition) is 6. The molecule has 7 rings (SSSR count). The normalized spacial score (nSPS) is 19.7. The highest BCUT2D eigenvalue weighted by Gasteiger charge is 2.31. The number of fused-ring (bicyclic) bond motifs is 2. The van der Waals surface area contributed by atoms with E-state index in [9.17, 15) is 9.18 Å². The molecule has 2 atom stereocenters. The number of nitrogens with zero attached hydrogens (tertiary/aromatic N) is 6. The largest absolute Gasteiger partial charge is 0.494 e. The predicted octanol–water partition coefficient (Wildman–Crippen LogP) is 4.59. The third-order valence-corrected chi connectivity index (χ3v) is 9.04. The topological polar surface area (TPSA) is 96.1 Å². The van der Waals surface area contributed by atoms with Crippen LogP contribution in [0.15, 0.2) is 36.0 Å². The van der Waals surface area contributed by atoms with Crippen LogP contribution in [0.5, 0.6) is 5.75 Å². The molecule has 208 valence electrons. The maximum Gasteiger partial charge on any atom is 0.254 e. The van der Waals surface area contributed by atoms with E-state index in [1.807, 2.05) is 29.5 Å². The van der Waals surface area contributed by atoms with E-state index in [0.29, 0.717) is 29.3 Å². The van der Waals surface area contributed by atoms with Gasteiger partial charge in [0.2, 0.25) is 0 Å².